The maximum atomic E-state index is 11.8. The predicted octanol–water partition coefficient (Wildman–Crippen LogP) is 2.88. The van der Waals surface area contributed by atoms with Gasteiger partial charge in [0.1, 0.15) is 0 Å². The van der Waals surface area contributed by atoms with Crippen molar-refractivity contribution in [1.82, 2.24) is 10.6 Å². The Morgan fingerprint density at radius 3 is 2.50 bits per heavy atom. The lowest BCUT2D eigenvalue weighted by Crippen LogP contribution is -2.39. The van der Waals surface area contributed by atoms with Crippen LogP contribution in [-0.4, -0.2) is 26.0 Å². The van der Waals surface area contributed by atoms with Gasteiger partial charge in [0, 0.05) is 29.9 Å². The van der Waals surface area contributed by atoms with E-state index in [1.165, 1.54) is 18.4 Å². The van der Waals surface area contributed by atoms with Crippen LogP contribution < -0.4 is 10.6 Å². The maximum Gasteiger partial charge on any atom is 0.221 e. The zero-order valence-electron chi connectivity index (χ0n) is 12.0. The minimum atomic E-state index is 0.0971. The van der Waals surface area contributed by atoms with Crippen LogP contribution in [-0.2, 0) is 10.2 Å². The van der Waals surface area contributed by atoms with Gasteiger partial charge in [-0.1, -0.05) is 36.6 Å². The molecule has 1 aliphatic rings. The molecule has 1 fully saturated rings. The van der Waals surface area contributed by atoms with Crippen molar-refractivity contribution in [3.05, 3.63) is 34.9 Å². The van der Waals surface area contributed by atoms with E-state index in [4.69, 9.17) is 11.6 Å². The Labute approximate surface area is 126 Å². The molecule has 1 amide bonds. The van der Waals surface area contributed by atoms with E-state index in [0.29, 0.717) is 6.42 Å². The van der Waals surface area contributed by atoms with Crippen molar-refractivity contribution < 1.29 is 4.79 Å². The minimum absolute atomic E-state index is 0.0971. The summed E-state index contributed by atoms with van der Waals surface area (Å²) in [5.41, 5.74) is 1.40. The predicted molar refractivity (Wildman–Crippen MR) is 83.2 cm³/mol. The molecule has 1 saturated carbocycles. The molecule has 1 aliphatic carbocycles. The number of carbonyl (C=O) groups is 1. The highest BCUT2D eigenvalue weighted by Crippen LogP contribution is 2.40. The smallest absolute Gasteiger partial charge is 0.221 e. The summed E-state index contributed by atoms with van der Waals surface area (Å²) in [6.45, 7) is 1.46. The van der Waals surface area contributed by atoms with Crippen LogP contribution in [0.15, 0.2) is 24.3 Å². The first-order chi connectivity index (χ1) is 9.66. The molecule has 20 heavy (non-hydrogen) atoms. The molecule has 1 aromatic carbocycles. The van der Waals surface area contributed by atoms with Gasteiger partial charge in [-0.25, -0.2) is 0 Å². The van der Waals surface area contributed by atoms with Gasteiger partial charge in [0.2, 0.25) is 5.91 Å². The number of hydrogen-bond donors (Lipinski definition) is 2. The quantitative estimate of drug-likeness (QED) is 0.847. The normalized spacial score (nSPS) is 17.1. The van der Waals surface area contributed by atoms with Gasteiger partial charge in [-0.2, -0.15) is 0 Å². The summed E-state index contributed by atoms with van der Waals surface area (Å²) in [6.07, 6.45) is 5.28. The lowest BCUT2D eigenvalue weighted by Gasteiger charge is -2.30. The maximum absolute atomic E-state index is 11.8. The Morgan fingerprint density at radius 2 is 1.90 bits per heavy atom. The van der Waals surface area contributed by atoms with Crippen LogP contribution in [0.1, 0.15) is 37.7 Å². The molecule has 1 aromatic rings. The fourth-order valence-corrected chi connectivity index (χ4v) is 3.14. The Kier molecular flexibility index (Phi) is 5.44. The van der Waals surface area contributed by atoms with Crippen LogP contribution in [0.5, 0.6) is 0 Å². The fourth-order valence-electron chi connectivity index (χ4n) is 3.02. The van der Waals surface area contributed by atoms with Crippen LogP contribution in [0.3, 0.4) is 0 Å². The van der Waals surface area contributed by atoms with Gasteiger partial charge in [-0.05, 0) is 37.6 Å². The third kappa shape index (κ3) is 3.74. The fraction of sp³-hybridized carbons (Fsp3) is 0.562. The van der Waals surface area contributed by atoms with Crippen molar-refractivity contribution in [2.24, 2.45) is 0 Å². The Bertz CT molecular complexity index is 438. The SMILES string of the molecule is CNCCC(=O)NCC1(c2ccc(Cl)cc2)CCCC1. The molecule has 0 radical (unpaired) electrons. The summed E-state index contributed by atoms with van der Waals surface area (Å²) < 4.78 is 0. The number of nitrogens with one attached hydrogen (secondary N) is 2. The van der Waals surface area contributed by atoms with Gasteiger partial charge in [0.05, 0.1) is 0 Å². The minimum Gasteiger partial charge on any atom is -0.355 e. The highest BCUT2D eigenvalue weighted by molar-refractivity contribution is 6.30. The first kappa shape index (κ1) is 15.3. The summed E-state index contributed by atoms with van der Waals surface area (Å²) in [5.74, 6) is 0.125. The molecule has 0 unspecified atom stereocenters. The van der Waals surface area contributed by atoms with Crippen LogP contribution in [0, 0.1) is 0 Å². The van der Waals surface area contributed by atoms with Gasteiger partial charge in [0.15, 0.2) is 0 Å². The highest BCUT2D eigenvalue weighted by Gasteiger charge is 2.35. The van der Waals surface area contributed by atoms with E-state index in [2.05, 4.69) is 22.8 Å². The molecule has 0 bridgehead atoms. The average Bonchev–Trinajstić information content (AvgIpc) is 2.93. The monoisotopic (exact) mass is 294 g/mol. The second-order valence-corrected chi connectivity index (χ2v) is 6.06. The van der Waals surface area contributed by atoms with Crippen LogP contribution in [0.4, 0.5) is 0 Å². The van der Waals surface area contributed by atoms with Gasteiger partial charge in [-0.15, -0.1) is 0 Å². The third-order valence-corrected chi connectivity index (χ3v) is 4.50. The van der Waals surface area contributed by atoms with Crippen molar-refractivity contribution in [1.29, 1.82) is 0 Å². The van der Waals surface area contributed by atoms with E-state index in [1.807, 2.05) is 19.2 Å². The molecule has 0 aromatic heterocycles. The van der Waals surface area contributed by atoms with Crippen molar-refractivity contribution >= 4 is 17.5 Å². The third-order valence-electron chi connectivity index (χ3n) is 4.24. The van der Waals surface area contributed by atoms with Crippen molar-refractivity contribution in [2.45, 2.75) is 37.5 Å². The van der Waals surface area contributed by atoms with E-state index in [9.17, 15) is 4.79 Å². The zero-order chi connectivity index (χ0) is 14.4. The number of benzene rings is 1. The molecule has 0 spiro atoms. The first-order valence-electron chi connectivity index (χ1n) is 7.34. The second-order valence-electron chi connectivity index (χ2n) is 5.62. The molecule has 2 rings (SSSR count). The zero-order valence-corrected chi connectivity index (χ0v) is 12.8. The standard InChI is InChI=1S/C16H23ClN2O/c1-18-11-8-15(20)19-12-16(9-2-3-10-16)13-4-6-14(17)7-5-13/h4-7,18H,2-3,8-12H2,1H3,(H,19,20). The van der Waals surface area contributed by atoms with Crippen LogP contribution in [0.25, 0.3) is 0 Å². The van der Waals surface area contributed by atoms with E-state index in [1.54, 1.807) is 0 Å². The summed E-state index contributed by atoms with van der Waals surface area (Å²) in [7, 11) is 1.86. The Balaban J connectivity index is 2.02. The lowest BCUT2D eigenvalue weighted by molar-refractivity contribution is -0.121. The van der Waals surface area contributed by atoms with Crippen molar-refractivity contribution in [3.8, 4) is 0 Å². The van der Waals surface area contributed by atoms with Gasteiger partial charge in [-0.3, -0.25) is 4.79 Å². The molecule has 0 atom stereocenters. The lowest BCUT2D eigenvalue weighted by atomic mass is 9.79. The number of halogens is 1. The van der Waals surface area contributed by atoms with E-state index < -0.39 is 0 Å². The van der Waals surface area contributed by atoms with E-state index in [0.717, 1.165) is 31.0 Å². The molecule has 0 heterocycles. The number of amides is 1. The Hall–Kier alpha value is -1.06. The molecular weight excluding hydrogens is 272 g/mol. The van der Waals surface area contributed by atoms with E-state index >= 15 is 0 Å². The van der Waals surface area contributed by atoms with E-state index in [-0.39, 0.29) is 11.3 Å². The first-order valence-corrected chi connectivity index (χ1v) is 7.71. The molecule has 0 saturated heterocycles. The molecule has 0 aliphatic heterocycles. The summed E-state index contributed by atoms with van der Waals surface area (Å²) in [4.78, 5) is 11.8. The summed E-state index contributed by atoms with van der Waals surface area (Å²) >= 11 is 5.97. The molecule has 3 nitrogen and oxygen atoms in total. The largest absolute Gasteiger partial charge is 0.355 e. The average molecular weight is 295 g/mol. The van der Waals surface area contributed by atoms with Crippen LogP contribution >= 0.6 is 11.6 Å². The Morgan fingerprint density at radius 1 is 1.25 bits per heavy atom. The van der Waals surface area contributed by atoms with Gasteiger partial charge < -0.3 is 10.6 Å². The second kappa shape index (κ2) is 7.09. The summed E-state index contributed by atoms with van der Waals surface area (Å²) in [5, 5.41) is 6.86. The van der Waals surface area contributed by atoms with Crippen LogP contribution in [0.2, 0.25) is 5.02 Å². The molecule has 4 heteroatoms. The number of rotatable bonds is 6. The van der Waals surface area contributed by atoms with Gasteiger partial charge in [0.25, 0.3) is 0 Å². The van der Waals surface area contributed by atoms with Crippen molar-refractivity contribution in [3.63, 3.8) is 0 Å². The highest BCUT2D eigenvalue weighted by atomic mass is 35.5. The molecule has 110 valence electrons. The topological polar surface area (TPSA) is 41.1 Å². The molecule has 2 N–H and O–H groups in total. The number of hydrogen-bond acceptors (Lipinski definition) is 2. The number of carbonyl (C=O) groups excluding carboxylic acids is 1. The van der Waals surface area contributed by atoms with Gasteiger partial charge >= 0.3 is 0 Å². The summed E-state index contributed by atoms with van der Waals surface area (Å²) in [6, 6.07) is 8.10. The molecular formula is C16H23ClN2O. The van der Waals surface area contributed by atoms with Crippen molar-refractivity contribution in [2.75, 3.05) is 20.1 Å².